The van der Waals surface area contributed by atoms with E-state index in [1.165, 1.54) is 12.1 Å². The third kappa shape index (κ3) is 5.79. The molecule has 5 N–H and O–H groups in total. The fourth-order valence-electron chi connectivity index (χ4n) is 3.94. The molecule has 2 aromatic heterocycles. The molecule has 1 amide bonds. The van der Waals surface area contributed by atoms with Gasteiger partial charge in [0.1, 0.15) is 17.3 Å². The molecule has 0 saturated carbocycles. The number of ether oxygens (including phenoxy) is 1. The quantitative estimate of drug-likeness (QED) is 0.375. The molecule has 4 rings (SSSR count). The van der Waals surface area contributed by atoms with Gasteiger partial charge in [0.2, 0.25) is 0 Å². The van der Waals surface area contributed by atoms with Crippen LogP contribution in [0.25, 0.3) is 11.1 Å². The van der Waals surface area contributed by atoms with Crippen molar-refractivity contribution < 1.29 is 13.9 Å². The van der Waals surface area contributed by atoms with Gasteiger partial charge in [-0.1, -0.05) is 15.9 Å². The molecule has 33 heavy (non-hydrogen) atoms. The van der Waals surface area contributed by atoms with Crippen LogP contribution in [-0.2, 0) is 4.74 Å². The first-order valence-electron chi connectivity index (χ1n) is 10.9. The number of rotatable bonds is 7. The Balaban J connectivity index is 1.49. The molecule has 0 radical (unpaired) electrons. The number of carbonyl (C=O) groups is 1. The Morgan fingerprint density at radius 1 is 1.30 bits per heavy atom. The molecule has 1 saturated heterocycles. The van der Waals surface area contributed by atoms with Gasteiger partial charge in [-0.25, -0.2) is 9.37 Å². The summed E-state index contributed by atoms with van der Waals surface area (Å²) in [5.41, 5.74) is 9.72. The molecular weight excluding hydrogens is 489 g/mol. The maximum Gasteiger partial charge on any atom is 0.268 e. The number of hydrogen-bond donors (Lipinski definition) is 4. The van der Waals surface area contributed by atoms with Gasteiger partial charge < -0.3 is 26.1 Å². The lowest BCUT2D eigenvalue weighted by Gasteiger charge is -2.24. The molecule has 0 bridgehead atoms. The van der Waals surface area contributed by atoms with Crippen LogP contribution in [0.3, 0.4) is 0 Å². The van der Waals surface area contributed by atoms with Gasteiger partial charge in [-0.3, -0.25) is 4.79 Å². The number of aryl methyl sites for hydroxylation is 1. The van der Waals surface area contributed by atoms with E-state index in [2.05, 4.69) is 36.5 Å². The number of amides is 1. The largest absolute Gasteiger partial charge is 0.381 e. The standard InChI is InChI=1S/C24H27BrFN5O2/c1-14-12-29-23(30-19-2-4-33-5-3-19)10-20(14)16-8-21(28-13-16)24(32)31-22(11-27)15-6-17(25)9-18(26)7-15/h6-10,12-13,19,22,28H,2-5,11,27H2,1H3,(H,29,30)(H,31,32). The second-order valence-electron chi connectivity index (χ2n) is 8.18. The van der Waals surface area contributed by atoms with Crippen LogP contribution in [0.5, 0.6) is 0 Å². The number of hydrogen-bond acceptors (Lipinski definition) is 5. The van der Waals surface area contributed by atoms with E-state index in [4.69, 9.17) is 10.5 Å². The number of benzene rings is 1. The Morgan fingerprint density at radius 3 is 2.82 bits per heavy atom. The van der Waals surface area contributed by atoms with Gasteiger partial charge in [-0.05, 0) is 66.8 Å². The molecular formula is C24H27BrFN5O2. The molecule has 9 heteroatoms. The topological polar surface area (TPSA) is 105 Å². The van der Waals surface area contributed by atoms with E-state index in [9.17, 15) is 9.18 Å². The molecule has 1 atom stereocenters. The van der Waals surface area contributed by atoms with Gasteiger partial charge in [-0.2, -0.15) is 0 Å². The van der Waals surface area contributed by atoms with Crippen LogP contribution in [0.1, 0.15) is 40.5 Å². The molecule has 7 nitrogen and oxygen atoms in total. The van der Waals surface area contributed by atoms with Gasteiger partial charge in [0, 0.05) is 48.2 Å². The predicted octanol–water partition coefficient (Wildman–Crippen LogP) is 4.31. The van der Waals surface area contributed by atoms with Crippen LogP contribution in [0.15, 0.2) is 47.2 Å². The number of carbonyl (C=O) groups excluding carboxylic acids is 1. The van der Waals surface area contributed by atoms with Crippen LogP contribution in [0, 0.1) is 12.7 Å². The van der Waals surface area contributed by atoms with Crippen molar-refractivity contribution in [3.05, 3.63) is 69.8 Å². The Hall–Kier alpha value is -2.75. The first-order valence-corrected chi connectivity index (χ1v) is 11.7. The predicted molar refractivity (Wildman–Crippen MR) is 130 cm³/mol. The molecule has 1 aromatic carbocycles. The van der Waals surface area contributed by atoms with Crippen LogP contribution < -0.4 is 16.4 Å². The number of aromatic amines is 1. The summed E-state index contributed by atoms with van der Waals surface area (Å²) in [4.78, 5) is 20.4. The summed E-state index contributed by atoms with van der Waals surface area (Å²) < 4.78 is 19.8. The van der Waals surface area contributed by atoms with E-state index in [-0.39, 0.29) is 12.5 Å². The van der Waals surface area contributed by atoms with Gasteiger partial charge in [0.15, 0.2) is 0 Å². The number of pyridine rings is 1. The van der Waals surface area contributed by atoms with Gasteiger partial charge >= 0.3 is 0 Å². The maximum atomic E-state index is 13.8. The minimum Gasteiger partial charge on any atom is -0.381 e. The molecule has 3 aromatic rings. The Kier molecular flexibility index (Phi) is 7.42. The van der Waals surface area contributed by atoms with Crippen LogP contribution in [0.2, 0.25) is 0 Å². The van der Waals surface area contributed by atoms with Crippen molar-refractivity contribution in [3.63, 3.8) is 0 Å². The zero-order valence-corrected chi connectivity index (χ0v) is 19.9. The summed E-state index contributed by atoms with van der Waals surface area (Å²) in [6.45, 7) is 3.63. The minimum absolute atomic E-state index is 0.139. The number of aromatic nitrogens is 2. The summed E-state index contributed by atoms with van der Waals surface area (Å²) in [5.74, 6) is 0.0893. The number of nitrogens with one attached hydrogen (secondary N) is 3. The third-order valence-corrected chi connectivity index (χ3v) is 6.20. The smallest absolute Gasteiger partial charge is 0.268 e. The third-order valence-electron chi connectivity index (χ3n) is 5.74. The highest BCUT2D eigenvalue weighted by Crippen LogP contribution is 2.27. The van der Waals surface area contributed by atoms with E-state index in [1.807, 2.05) is 19.2 Å². The zero-order chi connectivity index (χ0) is 23.4. The molecule has 1 aliphatic heterocycles. The minimum atomic E-state index is -0.519. The van der Waals surface area contributed by atoms with Gasteiger partial charge in [-0.15, -0.1) is 0 Å². The van der Waals surface area contributed by atoms with Gasteiger partial charge in [0.25, 0.3) is 5.91 Å². The Morgan fingerprint density at radius 2 is 2.09 bits per heavy atom. The zero-order valence-electron chi connectivity index (χ0n) is 18.3. The van der Waals surface area contributed by atoms with Crippen molar-refractivity contribution in [2.45, 2.75) is 31.8 Å². The van der Waals surface area contributed by atoms with E-state index in [0.717, 1.165) is 48.6 Å². The summed E-state index contributed by atoms with van der Waals surface area (Å²) in [6.07, 6.45) is 5.52. The lowest BCUT2D eigenvalue weighted by atomic mass is 10.0. The summed E-state index contributed by atoms with van der Waals surface area (Å²) in [7, 11) is 0. The number of nitrogens with zero attached hydrogens (tertiary/aromatic N) is 1. The van der Waals surface area contributed by atoms with Gasteiger partial charge in [0.05, 0.1) is 6.04 Å². The van der Waals surface area contributed by atoms with Crippen LogP contribution in [-0.4, -0.2) is 41.7 Å². The molecule has 174 valence electrons. The fraction of sp³-hybridized carbons (Fsp3) is 0.333. The highest BCUT2D eigenvalue weighted by molar-refractivity contribution is 9.10. The second kappa shape index (κ2) is 10.5. The molecule has 0 spiro atoms. The molecule has 1 aliphatic rings. The molecule has 0 aliphatic carbocycles. The maximum absolute atomic E-state index is 13.8. The number of anilines is 1. The summed E-state index contributed by atoms with van der Waals surface area (Å²) in [5, 5.41) is 6.36. The first-order chi connectivity index (χ1) is 15.9. The summed E-state index contributed by atoms with van der Waals surface area (Å²) >= 11 is 3.28. The van der Waals surface area contributed by atoms with Crippen molar-refractivity contribution in [2.75, 3.05) is 25.1 Å². The average Bonchev–Trinajstić information content (AvgIpc) is 3.29. The van der Waals surface area contributed by atoms with Crippen LogP contribution in [0.4, 0.5) is 10.2 Å². The lowest BCUT2D eigenvalue weighted by Crippen LogP contribution is -2.33. The van der Waals surface area contributed by atoms with Crippen LogP contribution >= 0.6 is 15.9 Å². The highest BCUT2D eigenvalue weighted by atomic mass is 79.9. The number of nitrogens with two attached hydrogens (primary N) is 1. The van der Waals surface area contributed by atoms with Crippen molar-refractivity contribution in [1.29, 1.82) is 0 Å². The number of H-pyrrole nitrogens is 1. The van der Waals surface area contributed by atoms with Crippen molar-refractivity contribution in [3.8, 4) is 11.1 Å². The lowest BCUT2D eigenvalue weighted by molar-refractivity contribution is 0.0903. The average molecular weight is 516 g/mol. The first kappa shape index (κ1) is 23.4. The molecule has 1 fully saturated rings. The van der Waals surface area contributed by atoms with E-state index >= 15 is 0 Å². The van der Waals surface area contributed by atoms with E-state index < -0.39 is 11.9 Å². The molecule has 3 heterocycles. The van der Waals surface area contributed by atoms with E-state index in [1.54, 1.807) is 18.3 Å². The van der Waals surface area contributed by atoms with Crippen molar-refractivity contribution in [1.82, 2.24) is 15.3 Å². The Bertz CT molecular complexity index is 1110. The van der Waals surface area contributed by atoms with Crippen molar-refractivity contribution in [2.24, 2.45) is 5.73 Å². The molecule has 1 unspecified atom stereocenters. The monoisotopic (exact) mass is 515 g/mol. The Labute approximate surface area is 200 Å². The SMILES string of the molecule is Cc1cnc(NC2CCOCC2)cc1-c1c[nH]c(C(=O)NC(CN)c2cc(F)cc(Br)c2)c1. The highest BCUT2D eigenvalue weighted by Gasteiger charge is 2.19. The fourth-order valence-corrected chi connectivity index (χ4v) is 4.42. The summed E-state index contributed by atoms with van der Waals surface area (Å²) in [6, 6.07) is 8.09. The number of halogens is 2. The normalized spacial score (nSPS) is 15.3. The van der Waals surface area contributed by atoms with Crippen molar-refractivity contribution >= 4 is 27.7 Å². The second-order valence-corrected chi connectivity index (χ2v) is 9.10. The van der Waals surface area contributed by atoms with E-state index in [0.29, 0.717) is 21.8 Å².